The van der Waals surface area contributed by atoms with Crippen LogP contribution in [0.15, 0.2) is 29.3 Å². The Morgan fingerprint density at radius 1 is 1.40 bits per heavy atom. The molecule has 0 aromatic heterocycles. The third kappa shape index (κ3) is 5.16. The van der Waals surface area contributed by atoms with Crippen molar-refractivity contribution < 1.29 is 9.47 Å². The monoisotopic (exact) mass is 391 g/mol. The van der Waals surface area contributed by atoms with E-state index in [2.05, 4.69) is 16.0 Å². The van der Waals surface area contributed by atoms with Gasteiger partial charge in [0.2, 0.25) is 0 Å². The van der Waals surface area contributed by atoms with Gasteiger partial charge in [-0.1, -0.05) is 12.1 Å². The number of hydrogen-bond acceptors (Lipinski definition) is 3. The van der Waals surface area contributed by atoms with Gasteiger partial charge in [0.25, 0.3) is 0 Å². The lowest BCUT2D eigenvalue weighted by Gasteiger charge is -2.27. The maximum absolute atomic E-state index is 5.96. The second kappa shape index (κ2) is 9.02. The molecule has 1 heterocycles. The van der Waals surface area contributed by atoms with E-state index in [1.54, 1.807) is 7.11 Å². The normalized spacial score (nSPS) is 15.7. The predicted molar refractivity (Wildman–Crippen MR) is 91.0 cm³/mol. The number of aliphatic imine (C=N–C) groups is 1. The van der Waals surface area contributed by atoms with Crippen LogP contribution in [0.4, 0.5) is 0 Å². The number of benzene rings is 1. The molecule has 0 saturated carbocycles. The number of nitrogens with two attached hydrogens (primary N) is 1. The van der Waals surface area contributed by atoms with E-state index in [4.69, 9.17) is 15.2 Å². The summed E-state index contributed by atoms with van der Waals surface area (Å²) >= 11 is 0. The summed E-state index contributed by atoms with van der Waals surface area (Å²) in [6.07, 6.45) is 0.863. The van der Waals surface area contributed by atoms with Crippen molar-refractivity contribution in [1.29, 1.82) is 0 Å². The third-order valence-electron chi connectivity index (χ3n) is 3.14. The van der Waals surface area contributed by atoms with Gasteiger partial charge in [0, 0.05) is 19.6 Å². The van der Waals surface area contributed by atoms with Gasteiger partial charge in [0.1, 0.15) is 5.75 Å². The fourth-order valence-corrected chi connectivity index (χ4v) is 2.02. The molecule has 0 aliphatic carbocycles. The van der Waals surface area contributed by atoms with E-state index in [0.29, 0.717) is 12.5 Å². The molecule has 20 heavy (non-hydrogen) atoms. The lowest BCUT2D eigenvalue weighted by atomic mass is 10.1. The van der Waals surface area contributed by atoms with Crippen LogP contribution < -0.4 is 10.5 Å². The molecular formula is C14H22IN3O2. The van der Waals surface area contributed by atoms with E-state index < -0.39 is 0 Å². The highest BCUT2D eigenvalue weighted by Crippen LogP contribution is 2.12. The van der Waals surface area contributed by atoms with Gasteiger partial charge in [0.15, 0.2) is 5.96 Å². The minimum atomic E-state index is 0. The van der Waals surface area contributed by atoms with Crippen LogP contribution in [0, 0.1) is 0 Å². The Morgan fingerprint density at radius 2 is 2.15 bits per heavy atom. The second-order valence-corrected chi connectivity index (χ2v) is 4.44. The molecule has 2 N–H and O–H groups in total. The van der Waals surface area contributed by atoms with Crippen LogP contribution in [-0.2, 0) is 11.2 Å². The molecule has 0 unspecified atom stereocenters. The van der Waals surface area contributed by atoms with Crippen LogP contribution in [0.2, 0.25) is 0 Å². The molecule has 1 aliphatic rings. The largest absolute Gasteiger partial charge is 0.497 e. The summed E-state index contributed by atoms with van der Waals surface area (Å²) < 4.78 is 10.5. The number of morpholine rings is 1. The first-order valence-electron chi connectivity index (χ1n) is 6.55. The van der Waals surface area contributed by atoms with Crippen molar-refractivity contribution in [2.45, 2.75) is 6.42 Å². The summed E-state index contributed by atoms with van der Waals surface area (Å²) in [6, 6.07) is 8.03. The highest BCUT2D eigenvalue weighted by molar-refractivity contribution is 14.0. The minimum Gasteiger partial charge on any atom is -0.497 e. The first-order valence-corrected chi connectivity index (χ1v) is 6.55. The summed E-state index contributed by atoms with van der Waals surface area (Å²) in [5, 5.41) is 0. The SMILES string of the molecule is COc1cccc(CCN=C(N)N2CCOCC2)c1.I. The van der Waals surface area contributed by atoms with E-state index >= 15 is 0 Å². The Balaban J connectivity index is 0.00000200. The summed E-state index contributed by atoms with van der Waals surface area (Å²) in [7, 11) is 1.67. The Labute approximate surface area is 137 Å². The maximum atomic E-state index is 5.96. The van der Waals surface area contributed by atoms with Crippen LogP contribution in [0.1, 0.15) is 5.56 Å². The van der Waals surface area contributed by atoms with Crippen molar-refractivity contribution in [2.24, 2.45) is 10.7 Å². The molecule has 0 radical (unpaired) electrons. The third-order valence-corrected chi connectivity index (χ3v) is 3.14. The summed E-state index contributed by atoms with van der Waals surface area (Å²) in [5.74, 6) is 1.49. The van der Waals surface area contributed by atoms with Gasteiger partial charge in [-0.05, 0) is 24.1 Å². The maximum Gasteiger partial charge on any atom is 0.191 e. The Bertz CT molecular complexity index is 434. The number of halogens is 1. The Kier molecular flexibility index (Phi) is 7.68. The van der Waals surface area contributed by atoms with Gasteiger partial charge in [-0.25, -0.2) is 0 Å². The van der Waals surface area contributed by atoms with Gasteiger partial charge in [-0.15, -0.1) is 24.0 Å². The fourth-order valence-electron chi connectivity index (χ4n) is 2.02. The average Bonchev–Trinajstić information content (AvgIpc) is 2.48. The van der Waals surface area contributed by atoms with Gasteiger partial charge >= 0.3 is 0 Å². The van der Waals surface area contributed by atoms with E-state index in [0.717, 1.165) is 38.5 Å². The molecule has 2 rings (SSSR count). The van der Waals surface area contributed by atoms with Crippen molar-refractivity contribution in [3.05, 3.63) is 29.8 Å². The summed E-state index contributed by atoms with van der Waals surface area (Å²) in [4.78, 5) is 6.49. The predicted octanol–water partition coefficient (Wildman–Crippen LogP) is 1.50. The number of rotatable bonds is 4. The average molecular weight is 391 g/mol. The molecule has 5 nitrogen and oxygen atoms in total. The van der Waals surface area contributed by atoms with Crippen molar-refractivity contribution >= 4 is 29.9 Å². The molecule has 0 atom stereocenters. The zero-order valence-corrected chi connectivity index (χ0v) is 14.1. The summed E-state index contributed by atoms with van der Waals surface area (Å²) in [6.45, 7) is 3.80. The molecule has 6 heteroatoms. The van der Waals surface area contributed by atoms with Crippen molar-refractivity contribution in [1.82, 2.24) is 4.90 Å². The van der Waals surface area contributed by atoms with Gasteiger partial charge in [-0.2, -0.15) is 0 Å². The van der Waals surface area contributed by atoms with Gasteiger partial charge < -0.3 is 20.1 Å². The van der Waals surface area contributed by atoms with Crippen LogP contribution in [0.25, 0.3) is 0 Å². The molecular weight excluding hydrogens is 369 g/mol. The Morgan fingerprint density at radius 3 is 2.85 bits per heavy atom. The molecule has 1 saturated heterocycles. The minimum absolute atomic E-state index is 0. The van der Waals surface area contributed by atoms with Crippen LogP contribution in [-0.4, -0.2) is 50.8 Å². The molecule has 112 valence electrons. The first kappa shape index (κ1) is 17.0. The molecule has 0 bridgehead atoms. The lowest BCUT2D eigenvalue weighted by molar-refractivity contribution is 0.0674. The van der Waals surface area contributed by atoms with E-state index in [1.807, 2.05) is 18.2 Å². The van der Waals surface area contributed by atoms with Crippen molar-refractivity contribution in [3.63, 3.8) is 0 Å². The van der Waals surface area contributed by atoms with Crippen molar-refractivity contribution in [2.75, 3.05) is 40.0 Å². The first-order chi connectivity index (χ1) is 9.29. The second-order valence-electron chi connectivity index (χ2n) is 4.44. The molecule has 1 aromatic carbocycles. The zero-order chi connectivity index (χ0) is 13.5. The Hall–Kier alpha value is -1.02. The van der Waals surface area contributed by atoms with E-state index in [9.17, 15) is 0 Å². The zero-order valence-electron chi connectivity index (χ0n) is 11.7. The molecule has 1 aromatic rings. The van der Waals surface area contributed by atoms with Crippen LogP contribution in [0.5, 0.6) is 5.75 Å². The quantitative estimate of drug-likeness (QED) is 0.480. The molecule has 0 spiro atoms. The number of ether oxygens (including phenoxy) is 2. The highest BCUT2D eigenvalue weighted by atomic mass is 127. The summed E-state index contributed by atoms with van der Waals surface area (Å²) in [5.41, 5.74) is 7.17. The number of guanidine groups is 1. The number of methoxy groups -OCH3 is 1. The lowest BCUT2D eigenvalue weighted by Crippen LogP contribution is -2.44. The number of nitrogens with zero attached hydrogens (tertiary/aromatic N) is 2. The molecule has 1 fully saturated rings. The molecule has 0 amide bonds. The molecule has 1 aliphatic heterocycles. The fraction of sp³-hybridized carbons (Fsp3) is 0.500. The van der Waals surface area contributed by atoms with Crippen molar-refractivity contribution in [3.8, 4) is 5.75 Å². The highest BCUT2D eigenvalue weighted by Gasteiger charge is 2.11. The smallest absolute Gasteiger partial charge is 0.191 e. The van der Waals surface area contributed by atoms with Crippen LogP contribution >= 0.6 is 24.0 Å². The van der Waals surface area contributed by atoms with Gasteiger partial charge in [0.05, 0.1) is 20.3 Å². The van der Waals surface area contributed by atoms with Gasteiger partial charge in [-0.3, -0.25) is 4.99 Å². The van der Waals surface area contributed by atoms with Crippen LogP contribution in [0.3, 0.4) is 0 Å². The topological polar surface area (TPSA) is 60.1 Å². The number of hydrogen-bond donors (Lipinski definition) is 1. The van der Waals surface area contributed by atoms with E-state index in [-0.39, 0.29) is 24.0 Å². The standard InChI is InChI=1S/C14H21N3O2.HI/c1-18-13-4-2-3-12(11-13)5-6-16-14(15)17-7-9-19-10-8-17;/h2-4,11H,5-10H2,1H3,(H2,15,16);1H. The van der Waals surface area contributed by atoms with E-state index in [1.165, 1.54) is 5.56 Å².